The molecule has 2 aromatic rings. The maximum absolute atomic E-state index is 12.1. The molecular formula is C24H34N4O2. The molecule has 6 nitrogen and oxygen atoms in total. The van der Waals surface area contributed by atoms with Crippen LogP contribution in [0, 0.1) is 19.8 Å². The van der Waals surface area contributed by atoms with E-state index in [9.17, 15) is 4.79 Å². The molecule has 0 unspecified atom stereocenters. The molecule has 1 saturated carbocycles. The summed E-state index contributed by atoms with van der Waals surface area (Å²) in [4.78, 5) is 21.4. The Labute approximate surface area is 179 Å². The van der Waals surface area contributed by atoms with E-state index in [1.807, 2.05) is 0 Å². The average molecular weight is 411 g/mol. The molecule has 1 aliphatic carbocycles. The maximum Gasteiger partial charge on any atom is 0.273 e. The summed E-state index contributed by atoms with van der Waals surface area (Å²) in [5, 5.41) is 3.07. The van der Waals surface area contributed by atoms with Crippen LogP contribution in [-0.2, 0) is 6.42 Å². The van der Waals surface area contributed by atoms with E-state index in [-0.39, 0.29) is 11.9 Å². The highest BCUT2D eigenvalue weighted by Crippen LogP contribution is 2.31. The lowest BCUT2D eigenvalue weighted by molar-refractivity contribution is 0.0872. The standard InChI is InChI=1S/C24H34N4O2/c1-4-21-17(2)6-5-7-23(21)28-12-10-27(11-13-28)9-8-19-14-20(15-19)26-24(29)22-16-30-18(3)25-22/h5-7,16,19-20H,4,8-15H2,1-3H3,(H,26,29)/t19-,20-. The summed E-state index contributed by atoms with van der Waals surface area (Å²) in [6.07, 6.45) is 5.90. The van der Waals surface area contributed by atoms with Gasteiger partial charge >= 0.3 is 0 Å². The number of hydrogen-bond acceptors (Lipinski definition) is 5. The Morgan fingerprint density at radius 3 is 2.63 bits per heavy atom. The van der Waals surface area contributed by atoms with Gasteiger partial charge in [0.1, 0.15) is 6.26 Å². The van der Waals surface area contributed by atoms with Crippen LogP contribution >= 0.6 is 0 Å². The molecule has 2 heterocycles. The lowest BCUT2D eigenvalue weighted by Crippen LogP contribution is -2.48. The molecule has 0 spiro atoms. The minimum Gasteiger partial charge on any atom is -0.448 e. The normalized spacial score (nSPS) is 22.0. The highest BCUT2D eigenvalue weighted by Gasteiger charge is 2.31. The molecule has 6 heteroatoms. The number of carbonyl (C=O) groups excluding carboxylic acids is 1. The predicted octanol–water partition coefficient (Wildman–Crippen LogP) is 3.57. The molecule has 2 aliphatic rings. The number of benzene rings is 1. The largest absolute Gasteiger partial charge is 0.448 e. The number of carbonyl (C=O) groups is 1. The number of aromatic nitrogens is 1. The van der Waals surface area contributed by atoms with Crippen molar-refractivity contribution in [1.82, 2.24) is 15.2 Å². The minimum atomic E-state index is -0.117. The Morgan fingerprint density at radius 2 is 1.97 bits per heavy atom. The van der Waals surface area contributed by atoms with Gasteiger partial charge in [0.25, 0.3) is 5.91 Å². The number of oxazole rings is 1. The first-order valence-electron chi connectivity index (χ1n) is 11.3. The highest BCUT2D eigenvalue weighted by atomic mass is 16.3. The van der Waals surface area contributed by atoms with E-state index in [2.05, 4.69) is 52.1 Å². The third-order valence-electron chi connectivity index (χ3n) is 6.73. The zero-order chi connectivity index (χ0) is 21.1. The van der Waals surface area contributed by atoms with Crippen LogP contribution in [0.4, 0.5) is 5.69 Å². The third-order valence-corrected chi connectivity index (χ3v) is 6.73. The first-order chi connectivity index (χ1) is 14.5. The molecule has 2 fully saturated rings. The fourth-order valence-corrected chi connectivity index (χ4v) is 4.84. The maximum atomic E-state index is 12.1. The fourth-order valence-electron chi connectivity index (χ4n) is 4.84. The van der Waals surface area contributed by atoms with Crippen LogP contribution in [0.3, 0.4) is 0 Å². The fraction of sp³-hybridized carbons (Fsp3) is 0.583. The van der Waals surface area contributed by atoms with Crippen molar-refractivity contribution in [3.8, 4) is 0 Å². The lowest BCUT2D eigenvalue weighted by atomic mass is 9.78. The van der Waals surface area contributed by atoms with E-state index in [4.69, 9.17) is 4.42 Å². The molecule has 1 aliphatic heterocycles. The van der Waals surface area contributed by atoms with Gasteiger partial charge in [-0.15, -0.1) is 0 Å². The molecule has 1 saturated heterocycles. The Hall–Kier alpha value is -2.34. The molecule has 0 bridgehead atoms. The van der Waals surface area contributed by atoms with Gasteiger partial charge in [0.05, 0.1) is 0 Å². The number of nitrogens with one attached hydrogen (secondary N) is 1. The van der Waals surface area contributed by atoms with Crippen molar-refractivity contribution in [1.29, 1.82) is 0 Å². The summed E-state index contributed by atoms with van der Waals surface area (Å²) in [6, 6.07) is 6.97. The minimum absolute atomic E-state index is 0.117. The topological polar surface area (TPSA) is 61.6 Å². The van der Waals surface area contributed by atoms with Crippen LogP contribution in [0.25, 0.3) is 0 Å². The van der Waals surface area contributed by atoms with Crippen LogP contribution in [0.1, 0.15) is 53.7 Å². The zero-order valence-corrected chi connectivity index (χ0v) is 18.5. The molecule has 1 N–H and O–H groups in total. The van der Waals surface area contributed by atoms with Gasteiger partial charge in [0.2, 0.25) is 0 Å². The first-order valence-corrected chi connectivity index (χ1v) is 11.3. The van der Waals surface area contributed by atoms with Crippen molar-refractivity contribution in [3.05, 3.63) is 47.2 Å². The van der Waals surface area contributed by atoms with Crippen LogP contribution in [0.15, 0.2) is 28.9 Å². The van der Waals surface area contributed by atoms with E-state index in [0.717, 1.165) is 57.9 Å². The van der Waals surface area contributed by atoms with Crippen molar-refractivity contribution in [2.24, 2.45) is 5.92 Å². The van der Waals surface area contributed by atoms with E-state index < -0.39 is 0 Å². The Kier molecular flexibility index (Phi) is 6.42. The summed E-state index contributed by atoms with van der Waals surface area (Å²) in [7, 11) is 0. The second kappa shape index (κ2) is 9.21. The third kappa shape index (κ3) is 4.69. The summed E-state index contributed by atoms with van der Waals surface area (Å²) < 4.78 is 5.12. The van der Waals surface area contributed by atoms with E-state index in [1.165, 1.54) is 29.5 Å². The van der Waals surface area contributed by atoms with Gasteiger partial charge < -0.3 is 14.6 Å². The van der Waals surface area contributed by atoms with Gasteiger partial charge in [-0.3, -0.25) is 9.69 Å². The lowest BCUT2D eigenvalue weighted by Gasteiger charge is -2.40. The molecule has 1 aromatic heterocycles. The van der Waals surface area contributed by atoms with Crippen LogP contribution in [0.5, 0.6) is 0 Å². The number of hydrogen-bond donors (Lipinski definition) is 1. The number of nitrogens with zero attached hydrogens (tertiary/aromatic N) is 3. The smallest absolute Gasteiger partial charge is 0.273 e. The second-order valence-corrected chi connectivity index (χ2v) is 8.80. The van der Waals surface area contributed by atoms with Crippen molar-refractivity contribution >= 4 is 11.6 Å². The van der Waals surface area contributed by atoms with E-state index in [1.54, 1.807) is 6.92 Å². The number of piperazine rings is 1. The summed E-state index contributed by atoms with van der Waals surface area (Å²) in [5.41, 5.74) is 4.71. The predicted molar refractivity (Wildman–Crippen MR) is 119 cm³/mol. The quantitative estimate of drug-likeness (QED) is 0.756. The van der Waals surface area contributed by atoms with Crippen LogP contribution in [-0.4, -0.2) is 54.6 Å². The highest BCUT2D eigenvalue weighted by molar-refractivity contribution is 5.92. The monoisotopic (exact) mass is 410 g/mol. The van der Waals surface area contributed by atoms with Gasteiger partial charge in [-0.2, -0.15) is 0 Å². The van der Waals surface area contributed by atoms with Crippen LogP contribution < -0.4 is 10.2 Å². The van der Waals surface area contributed by atoms with Gasteiger partial charge in [-0.25, -0.2) is 4.98 Å². The van der Waals surface area contributed by atoms with Crippen molar-refractivity contribution < 1.29 is 9.21 Å². The summed E-state index contributed by atoms with van der Waals surface area (Å²) >= 11 is 0. The number of rotatable bonds is 7. The van der Waals surface area contributed by atoms with Gasteiger partial charge in [0, 0.05) is 44.8 Å². The molecule has 162 valence electrons. The Morgan fingerprint density at radius 1 is 1.20 bits per heavy atom. The van der Waals surface area contributed by atoms with Crippen molar-refractivity contribution in [2.75, 3.05) is 37.6 Å². The van der Waals surface area contributed by atoms with Gasteiger partial charge in [-0.1, -0.05) is 19.1 Å². The van der Waals surface area contributed by atoms with Crippen molar-refractivity contribution in [2.45, 2.75) is 52.5 Å². The van der Waals surface area contributed by atoms with Gasteiger partial charge in [-0.05, 0) is 62.3 Å². The zero-order valence-electron chi connectivity index (χ0n) is 18.5. The average Bonchev–Trinajstić information content (AvgIpc) is 3.16. The Bertz CT molecular complexity index is 864. The Balaban J connectivity index is 1.16. The van der Waals surface area contributed by atoms with Crippen molar-refractivity contribution in [3.63, 3.8) is 0 Å². The molecule has 4 rings (SSSR count). The van der Waals surface area contributed by atoms with E-state index >= 15 is 0 Å². The van der Waals surface area contributed by atoms with E-state index in [0.29, 0.717) is 11.6 Å². The molecule has 30 heavy (non-hydrogen) atoms. The summed E-state index contributed by atoms with van der Waals surface area (Å²) in [6.45, 7) is 11.9. The molecule has 1 aromatic carbocycles. The number of anilines is 1. The van der Waals surface area contributed by atoms with Crippen LogP contribution in [0.2, 0.25) is 0 Å². The molecule has 1 amide bonds. The molecular weight excluding hydrogens is 376 g/mol. The summed E-state index contributed by atoms with van der Waals surface area (Å²) in [5.74, 6) is 1.13. The number of amides is 1. The van der Waals surface area contributed by atoms with Gasteiger partial charge in [0.15, 0.2) is 11.6 Å². The SMILES string of the molecule is CCc1c(C)cccc1N1CCN(CC[C@H]2C[C@H](NC(=O)c3coc(C)n3)C2)CC1. The molecule has 0 atom stereocenters. The molecule has 0 radical (unpaired) electrons. The number of aryl methyl sites for hydroxylation is 2. The first kappa shape index (κ1) is 20.9. The second-order valence-electron chi connectivity index (χ2n) is 8.80.